The summed E-state index contributed by atoms with van der Waals surface area (Å²) in [7, 11) is 0. The van der Waals surface area contributed by atoms with Gasteiger partial charge in [0.15, 0.2) is 11.3 Å². The first-order valence-electron chi connectivity index (χ1n) is 27.6. The van der Waals surface area contributed by atoms with Crippen LogP contribution < -0.4 is 21.2 Å². The van der Waals surface area contributed by atoms with Crippen LogP contribution in [0.3, 0.4) is 0 Å². The van der Waals surface area contributed by atoms with Gasteiger partial charge in [-0.2, -0.15) is 9.97 Å². The van der Waals surface area contributed by atoms with Gasteiger partial charge in [0.05, 0.1) is 55.0 Å². The third kappa shape index (κ3) is 12.8. The summed E-state index contributed by atoms with van der Waals surface area (Å²) in [5.74, 6) is 0.282. The maximum Gasteiger partial charge on any atom is 0.410 e. The van der Waals surface area contributed by atoms with Gasteiger partial charge in [0.25, 0.3) is 0 Å². The van der Waals surface area contributed by atoms with E-state index >= 15 is 0 Å². The molecule has 0 aliphatic carbocycles. The number of carbonyl (C=O) groups is 2. The van der Waals surface area contributed by atoms with Crippen molar-refractivity contribution >= 4 is 68.9 Å². The number of rotatable bonds is 11. The van der Waals surface area contributed by atoms with Gasteiger partial charge in [-0.25, -0.2) is 42.3 Å². The molecule has 17 nitrogen and oxygen atoms in total. The topological polar surface area (TPSA) is 178 Å². The Morgan fingerprint density at radius 1 is 0.651 bits per heavy atom. The highest BCUT2D eigenvalue weighted by molar-refractivity contribution is 6.34. The van der Waals surface area contributed by atoms with Crippen molar-refractivity contribution < 1.29 is 23.1 Å². The molecule has 8 heterocycles. The molecule has 0 spiro atoms. The van der Waals surface area contributed by atoms with Crippen molar-refractivity contribution in [1.29, 1.82) is 0 Å². The number of ether oxygens (including phenoxy) is 1. The van der Waals surface area contributed by atoms with Crippen LogP contribution in [0.5, 0.6) is 0 Å². The summed E-state index contributed by atoms with van der Waals surface area (Å²) in [4.78, 5) is 88.0. The minimum absolute atomic E-state index is 0.145. The van der Waals surface area contributed by atoms with E-state index in [0.717, 1.165) is 11.4 Å². The molecule has 0 bridgehead atoms. The Bertz CT molecular complexity index is 3910. The number of hydrogen-bond acceptors (Lipinski definition) is 13. The molecule has 2 saturated heterocycles. The molecule has 0 radical (unpaired) electrons. The SMILES string of the molecule is C=CC(=O)N1CCN(c2nc(=O)n(-c3cccnc3CC(C)C)c3nc(-c4ccccc4F)c(Cl)cc23)[C@@H](C)C1.CC(C)Cc1ncccc1-n1c(=O)nc(N2CCN(C(=O)OC(C)(C)C)C[C@@H]2C)c2cc(Cl)c(-c3ccccc3F)nc21. The van der Waals surface area contributed by atoms with Crippen LogP contribution in [0, 0.1) is 23.5 Å². The van der Waals surface area contributed by atoms with Crippen molar-refractivity contribution in [2.45, 2.75) is 92.8 Å². The number of carbonyl (C=O) groups excluding carboxylic acids is 2. The minimum Gasteiger partial charge on any atom is -0.444 e. The lowest BCUT2D eigenvalue weighted by molar-refractivity contribution is -0.126. The van der Waals surface area contributed by atoms with Gasteiger partial charge in [-0.15, -0.1) is 0 Å². The molecule has 10 rings (SSSR count). The molecule has 83 heavy (non-hydrogen) atoms. The van der Waals surface area contributed by atoms with Crippen molar-refractivity contribution in [2.24, 2.45) is 11.8 Å². The number of piperazine rings is 2. The van der Waals surface area contributed by atoms with Gasteiger partial charge >= 0.3 is 17.5 Å². The van der Waals surface area contributed by atoms with Gasteiger partial charge in [0.2, 0.25) is 5.91 Å². The van der Waals surface area contributed by atoms with Crippen LogP contribution in [0.4, 0.5) is 25.2 Å². The van der Waals surface area contributed by atoms with E-state index in [1.165, 1.54) is 27.3 Å². The number of benzene rings is 2. The molecular formula is C62H66Cl2F2N12O5. The standard InChI is InChI=1S/C32H36ClFN6O3.C30H30ClFN6O2/c1-19(2)16-25-26(12-9-13-35-25)40-29-22(17-23(33)27(36-29)21-10-7-8-11-24(21)34)28(37-30(40)41)39-15-14-38(18-20(39)3)31(42)43-32(4,5)6;1-5-26(39)36-13-14-37(19(4)17-36)28-21-16-22(31)27(20-9-6-7-10-23(20)32)34-29(21)38(30(40)35-28)25-11-8-12-33-24(25)15-18(2)3/h7-13,17,19-20H,14-16,18H2,1-6H3;5-12,16,18-19H,1,13-15,17H2,2-4H3/t20-;19-/m00/s1. The van der Waals surface area contributed by atoms with Gasteiger partial charge in [0.1, 0.15) is 28.9 Å². The number of aromatic nitrogens is 8. The van der Waals surface area contributed by atoms with Crippen LogP contribution in [-0.4, -0.2) is 118 Å². The summed E-state index contributed by atoms with van der Waals surface area (Å²) >= 11 is 13.5. The van der Waals surface area contributed by atoms with Gasteiger partial charge < -0.3 is 24.3 Å². The lowest BCUT2D eigenvalue weighted by Gasteiger charge is -2.41. The van der Waals surface area contributed by atoms with E-state index in [4.69, 9.17) is 37.9 Å². The summed E-state index contributed by atoms with van der Waals surface area (Å²) in [6, 6.07) is 22.7. The molecule has 2 aliphatic heterocycles. The summed E-state index contributed by atoms with van der Waals surface area (Å²) in [5, 5.41) is 1.52. The van der Waals surface area contributed by atoms with Crippen LogP contribution in [0.15, 0.2) is 120 Å². The average molecular weight is 1170 g/mol. The van der Waals surface area contributed by atoms with E-state index in [-0.39, 0.29) is 74.1 Å². The summed E-state index contributed by atoms with van der Waals surface area (Å²) in [5.41, 5.74) is 2.35. The first-order valence-corrected chi connectivity index (χ1v) is 28.4. The van der Waals surface area contributed by atoms with E-state index in [0.29, 0.717) is 91.5 Å². The summed E-state index contributed by atoms with van der Waals surface area (Å²) in [6.07, 6.45) is 5.56. The van der Waals surface area contributed by atoms with Crippen molar-refractivity contribution in [3.8, 4) is 33.9 Å². The van der Waals surface area contributed by atoms with Gasteiger partial charge in [-0.1, -0.05) is 81.7 Å². The Kier molecular flexibility index (Phi) is 17.7. The molecule has 6 aromatic heterocycles. The lowest BCUT2D eigenvalue weighted by Crippen LogP contribution is -2.55. The molecule has 0 saturated carbocycles. The van der Waals surface area contributed by atoms with Crippen LogP contribution in [0.1, 0.15) is 73.7 Å². The van der Waals surface area contributed by atoms with Crippen molar-refractivity contribution in [3.05, 3.63) is 164 Å². The fraction of sp³-hybridized carbons (Fsp3) is 0.355. The monoisotopic (exact) mass is 1170 g/mol. The third-order valence-electron chi connectivity index (χ3n) is 14.2. The number of nitrogens with zero attached hydrogens (tertiary/aromatic N) is 12. The molecule has 0 unspecified atom stereocenters. The van der Waals surface area contributed by atoms with Crippen LogP contribution in [0.2, 0.25) is 10.0 Å². The van der Waals surface area contributed by atoms with E-state index in [2.05, 4.69) is 54.2 Å². The van der Waals surface area contributed by atoms with E-state index < -0.39 is 28.6 Å². The van der Waals surface area contributed by atoms with Crippen LogP contribution in [-0.2, 0) is 22.4 Å². The number of hydrogen-bond donors (Lipinski definition) is 0. The second kappa shape index (κ2) is 24.7. The highest BCUT2D eigenvalue weighted by atomic mass is 35.5. The zero-order valence-electron chi connectivity index (χ0n) is 47.9. The normalized spacial score (nSPS) is 15.7. The molecule has 2 amide bonds. The molecule has 432 valence electrons. The molecule has 2 atom stereocenters. The molecule has 2 fully saturated rings. The van der Waals surface area contributed by atoms with Crippen molar-refractivity contribution in [1.82, 2.24) is 48.8 Å². The zero-order chi connectivity index (χ0) is 59.6. The number of fused-ring (bicyclic) bond motifs is 2. The first kappa shape index (κ1) is 59.5. The minimum atomic E-state index is -0.612. The van der Waals surface area contributed by atoms with Gasteiger partial charge in [-0.3, -0.25) is 14.8 Å². The number of halogens is 4. The molecule has 0 N–H and O–H groups in total. The quantitative estimate of drug-likeness (QED) is 0.112. The lowest BCUT2D eigenvalue weighted by atomic mass is 10.1. The summed E-state index contributed by atoms with van der Waals surface area (Å²) in [6.45, 7) is 23.8. The fourth-order valence-electron chi connectivity index (χ4n) is 10.5. The zero-order valence-corrected chi connectivity index (χ0v) is 49.4. The second-order valence-electron chi connectivity index (χ2n) is 22.6. The highest BCUT2D eigenvalue weighted by Crippen LogP contribution is 2.38. The number of anilines is 2. The van der Waals surface area contributed by atoms with E-state index in [1.54, 1.807) is 82.9 Å². The molecule has 2 aliphatic rings. The Morgan fingerprint density at radius 2 is 1.07 bits per heavy atom. The summed E-state index contributed by atoms with van der Waals surface area (Å²) < 4.78 is 38.3. The number of amides is 2. The highest BCUT2D eigenvalue weighted by Gasteiger charge is 2.34. The van der Waals surface area contributed by atoms with Crippen LogP contribution >= 0.6 is 23.2 Å². The first-order chi connectivity index (χ1) is 39.5. The van der Waals surface area contributed by atoms with Gasteiger partial charge in [0, 0.05) is 74.9 Å². The molecular weight excluding hydrogens is 1100 g/mol. The van der Waals surface area contributed by atoms with E-state index in [9.17, 15) is 28.0 Å². The molecule has 21 heteroatoms. The third-order valence-corrected chi connectivity index (χ3v) is 14.8. The van der Waals surface area contributed by atoms with Crippen molar-refractivity contribution in [2.75, 3.05) is 49.1 Å². The Hall–Kier alpha value is -8.16. The largest absolute Gasteiger partial charge is 0.444 e. The van der Waals surface area contributed by atoms with E-state index in [1.807, 2.05) is 56.6 Å². The number of pyridine rings is 4. The average Bonchev–Trinajstić information content (AvgIpc) is 1.63. The fourth-order valence-corrected chi connectivity index (χ4v) is 11.0. The van der Waals surface area contributed by atoms with Crippen molar-refractivity contribution in [3.63, 3.8) is 0 Å². The molecule has 2 aromatic carbocycles. The Labute approximate surface area is 490 Å². The predicted molar refractivity (Wildman–Crippen MR) is 322 cm³/mol. The predicted octanol–water partition coefficient (Wildman–Crippen LogP) is 11.3. The Balaban J connectivity index is 0.000000200. The maximum absolute atomic E-state index is 15.0. The second-order valence-corrected chi connectivity index (χ2v) is 23.4. The Morgan fingerprint density at radius 3 is 1.47 bits per heavy atom. The smallest absolute Gasteiger partial charge is 0.410 e. The molecule has 8 aromatic rings. The van der Waals surface area contributed by atoms with Gasteiger partial charge in [-0.05, 0) is 126 Å². The maximum atomic E-state index is 15.0. The van der Waals surface area contributed by atoms with Crippen LogP contribution in [0.25, 0.3) is 56.0 Å².